The van der Waals surface area contributed by atoms with Crippen LogP contribution >= 0.6 is 0 Å². The molecule has 3 nitrogen and oxygen atoms in total. The molecule has 0 saturated carbocycles. The van der Waals surface area contributed by atoms with Gasteiger partial charge in [0, 0.05) is 0 Å². The van der Waals surface area contributed by atoms with E-state index in [2.05, 4.69) is 0 Å². The summed E-state index contributed by atoms with van der Waals surface area (Å²) in [6.45, 7) is 0. The fourth-order valence-electron chi connectivity index (χ4n) is 0. The van der Waals surface area contributed by atoms with Crippen molar-refractivity contribution >= 4 is 27.6 Å². The van der Waals surface area contributed by atoms with Crippen molar-refractivity contribution in [3.63, 3.8) is 0 Å². The Hall–Kier alpha value is 1.95. The first-order chi connectivity index (χ1) is 1.73. The van der Waals surface area contributed by atoms with Crippen molar-refractivity contribution in [3.8, 4) is 0 Å². The first-order valence-corrected chi connectivity index (χ1v) is 0.707. The Labute approximate surface area is 108 Å². The van der Waals surface area contributed by atoms with Crippen LogP contribution in [0.25, 0.3) is 0 Å². The molecule has 0 N–H and O–H groups in total. The van der Waals surface area contributed by atoms with Crippen LogP contribution < -0.4 is 82.7 Å². The van der Waals surface area contributed by atoms with E-state index in [1.54, 1.807) is 0 Å². The van der Waals surface area contributed by atoms with Crippen LogP contribution in [0.4, 0.5) is 0 Å². The van der Waals surface area contributed by atoms with Crippen LogP contribution in [-0.2, 0) is 0 Å². The second kappa shape index (κ2) is 32.5. The van der Waals surface area contributed by atoms with Gasteiger partial charge in [0.15, 0.2) is 0 Å². The molecule has 0 saturated heterocycles. The van der Waals surface area contributed by atoms with E-state index in [0.29, 0.717) is 0 Å². The third kappa shape index (κ3) is 166. The molecule has 0 rings (SSSR count). The summed E-state index contributed by atoms with van der Waals surface area (Å²) in [5.41, 5.74) is 0. The molecule has 9 heavy (non-hydrogen) atoms. The number of halogens is 2. The smallest absolute Gasteiger partial charge is 1.00 e. The Morgan fingerprint density at radius 3 is 0.778 bits per heavy atom. The molecule has 0 fully saturated rings. The average Bonchev–Trinajstić information content (AvgIpc) is 0.811. The Kier molecular flexibility index (Phi) is 160. The van der Waals surface area contributed by atoms with E-state index in [9.17, 15) is 0 Å². The van der Waals surface area contributed by atoms with Gasteiger partial charge in [-0.3, -0.25) is 7.32 Å². The third-order valence-electron chi connectivity index (χ3n) is 0. The van der Waals surface area contributed by atoms with Gasteiger partial charge in [-0.1, -0.05) is 0 Å². The largest absolute Gasteiger partial charge is 2.00 e. The first-order valence-electron chi connectivity index (χ1n) is 0.707. The molecular weight excluding hydrogens is 200 g/mol. The van der Waals surface area contributed by atoms with Crippen molar-refractivity contribution < 1.29 is 82.7 Å². The maximum atomic E-state index is 8.42. The molecule has 0 spiro atoms. The van der Waals surface area contributed by atoms with Crippen LogP contribution in [0.2, 0.25) is 0 Å². The summed E-state index contributed by atoms with van der Waals surface area (Å²) in [4.78, 5) is 0. The van der Waals surface area contributed by atoms with Crippen LogP contribution in [0.15, 0.2) is 0 Å². The molecule has 9 heteroatoms. The van der Waals surface area contributed by atoms with E-state index in [0.717, 1.165) is 0 Å². The zero-order valence-electron chi connectivity index (χ0n) is 4.97. The van der Waals surface area contributed by atoms with Crippen molar-refractivity contribution in [2.75, 3.05) is 0 Å². The van der Waals surface area contributed by atoms with E-state index in [-0.39, 0.29) is 87.8 Å². The molecule has 0 aromatic heterocycles. The van der Waals surface area contributed by atoms with E-state index in [1.807, 2.05) is 0 Å². The Balaban J connectivity index is -0.00000000450. The van der Waals surface area contributed by atoms with Crippen molar-refractivity contribution in [1.82, 2.24) is 0 Å². The van der Waals surface area contributed by atoms with Gasteiger partial charge in [0.2, 0.25) is 0 Å². The Morgan fingerprint density at radius 2 is 0.778 bits per heavy atom. The first kappa shape index (κ1) is 44.3. The molecule has 0 aliphatic heterocycles. The van der Waals surface area contributed by atoms with Crippen LogP contribution in [0.1, 0.15) is 0 Å². The van der Waals surface area contributed by atoms with Crippen LogP contribution in [0, 0.1) is 0 Å². The third-order valence-corrected chi connectivity index (χ3v) is 0. The summed E-state index contributed by atoms with van der Waals surface area (Å²) in [5.74, 6) is 0. The molecule has 0 aliphatic rings. The van der Waals surface area contributed by atoms with Crippen molar-refractivity contribution in [3.05, 3.63) is 0 Å². The van der Waals surface area contributed by atoms with E-state index >= 15 is 0 Å². The average molecular weight is 200 g/mol. The predicted molar refractivity (Wildman–Crippen MR) is 17.3 cm³/mol. The van der Waals surface area contributed by atoms with Crippen LogP contribution in [0.5, 0.6) is 0 Å². The van der Waals surface area contributed by atoms with E-state index < -0.39 is 7.32 Å². The number of rotatable bonds is 0. The van der Waals surface area contributed by atoms with Crippen LogP contribution in [-0.4, -0.2) is 27.6 Å². The number of hydrogen-bond donors (Lipinski definition) is 0. The minimum absolute atomic E-state index is 0. The zero-order chi connectivity index (χ0) is 3.58. The minimum atomic E-state index is -2.92. The van der Waals surface area contributed by atoms with E-state index in [4.69, 9.17) is 15.1 Å². The quantitative estimate of drug-likeness (QED) is 0.365. The summed E-state index contributed by atoms with van der Waals surface area (Å²) in [6.07, 6.45) is 0. The maximum Gasteiger partial charge on any atom is 2.00 e. The number of hydrogen-bond acceptors (Lipinski definition) is 3. The van der Waals surface area contributed by atoms with Gasteiger partial charge in [0.25, 0.3) is 0 Å². The van der Waals surface area contributed by atoms with Gasteiger partial charge in [-0.15, -0.1) is 0 Å². The second-order valence-corrected chi connectivity index (χ2v) is 0.289. The Morgan fingerprint density at radius 1 is 0.778 bits per heavy atom. The molecule has 0 aliphatic carbocycles. The normalized spacial score (nSPS) is 3.00. The monoisotopic (exact) mass is 200 g/mol. The Bertz CT molecular complexity index is 24.5. The molecule has 0 radical (unpaired) electrons. The molecular formula is BBe2F2O3Rb. The SMILES string of the molecule is [Be+2].[Be+2].[F-].[F-].[O-]B([O-])[O-].[Rb+]. The van der Waals surface area contributed by atoms with Crippen LogP contribution in [0.3, 0.4) is 0 Å². The molecule has 0 heterocycles. The summed E-state index contributed by atoms with van der Waals surface area (Å²) in [5, 5.41) is 25.2. The molecule has 40 valence electrons. The summed E-state index contributed by atoms with van der Waals surface area (Å²) in [6, 6.07) is 0. The summed E-state index contributed by atoms with van der Waals surface area (Å²) in [7, 11) is -2.92. The second-order valence-electron chi connectivity index (χ2n) is 0.289. The van der Waals surface area contributed by atoms with Gasteiger partial charge in [-0.2, -0.15) is 0 Å². The standard InChI is InChI=1S/BO3.2Be.2FH.Rb/c2-1(3)4;;;;;/h;;;2*1H;/q-3;2*+2;;;+1/p-2. The fraction of sp³-hybridized carbons (Fsp3) is 0. The van der Waals surface area contributed by atoms with Crippen molar-refractivity contribution in [2.45, 2.75) is 0 Å². The molecule has 0 amide bonds. The predicted octanol–water partition coefficient (Wildman–Crippen LogP) is -13.7. The van der Waals surface area contributed by atoms with Crippen molar-refractivity contribution in [2.24, 2.45) is 0 Å². The summed E-state index contributed by atoms with van der Waals surface area (Å²) < 4.78 is 0. The van der Waals surface area contributed by atoms with Gasteiger partial charge in [0.05, 0.1) is 0 Å². The van der Waals surface area contributed by atoms with Gasteiger partial charge in [0.1, 0.15) is 0 Å². The molecule has 0 aromatic rings. The van der Waals surface area contributed by atoms with E-state index in [1.165, 1.54) is 0 Å². The summed E-state index contributed by atoms with van der Waals surface area (Å²) >= 11 is 0. The molecule has 0 unspecified atom stereocenters. The van der Waals surface area contributed by atoms with Gasteiger partial charge in [-0.05, 0) is 0 Å². The topological polar surface area (TPSA) is 69.2 Å². The zero-order valence-corrected chi connectivity index (χ0v) is 9.89. The molecule has 0 bridgehead atoms. The van der Waals surface area contributed by atoms with Gasteiger partial charge >= 0.3 is 78.4 Å². The minimum Gasteiger partial charge on any atom is -1.00 e. The van der Waals surface area contributed by atoms with Gasteiger partial charge < -0.3 is 24.5 Å². The van der Waals surface area contributed by atoms with Crippen molar-refractivity contribution in [1.29, 1.82) is 0 Å². The molecule has 0 aromatic carbocycles. The maximum absolute atomic E-state index is 8.42. The fourth-order valence-corrected chi connectivity index (χ4v) is 0. The molecule has 0 atom stereocenters. The van der Waals surface area contributed by atoms with Gasteiger partial charge in [-0.25, -0.2) is 0 Å².